The highest BCUT2D eigenvalue weighted by Gasteiger charge is 2.42. The summed E-state index contributed by atoms with van der Waals surface area (Å²) in [6.07, 6.45) is 3.06. The predicted octanol–water partition coefficient (Wildman–Crippen LogP) is 2.63. The number of benzene rings is 1. The first-order valence-electron chi connectivity index (χ1n) is 7.59. The second-order valence-electron chi connectivity index (χ2n) is 5.98. The molecule has 3 N–H and O–H groups in total. The lowest BCUT2D eigenvalue weighted by molar-refractivity contribution is 0.170. The molecule has 1 fully saturated rings. The number of carbonyl (C=O) groups excluding carboxylic acids is 1. The molecule has 1 atom stereocenters. The number of hydrogen-bond donors (Lipinski definition) is 3. The minimum absolute atomic E-state index is 0.00343. The highest BCUT2D eigenvalue weighted by molar-refractivity contribution is 6.30. The molecule has 1 saturated carbocycles. The van der Waals surface area contributed by atoms with E-state index in [2.05, 4.69) is 10.6 Å². The van der Waals surface area contributed by atoms with E-state index in [-0.39, 0.29) is 23.1 Å². The zero-order valence-electron chi connectivity index (χ0n) is 13.1. The molecular weight excluding hydrogens is 323 g/mol. The minimum Gasteiger partial charge on any atom is -0.394 e. The van der Waals surface area contributed by atoms with Gasteiger partial charge in [-0.1, -0.05) is 17.7 Å². The van der Waals surface area contributed by atoms with Crippen LogP contribution >= 0.6 is 11.6 Å². The quantitative estimate of drug-likeness (QED) is 0.679. The monoisotopic (exact) mass is 344 g/mol. The summed E-state index contributed by atoms with van der Waals surface area (Å²) in [5, 5.41) is 14.9. The predicted molar refractivity (Wildman–Crippen MR) is 85.9 cm³/mol. The number of urea groups is 1. The number of amides is 2. The summed E-state index contributed by atoms with van der Waals surface area (Å²) in [5.74, 6) is -0.582. The third-order valence-electron chi connectivity index (χ3n) is 4.25. The fourth-order valence-electron chi connectivity index (χ4n) is 2.45. The molecule has 0 bridgehead atoms. The van der Waals surface area contributed by atoms with Crippen molar-refractivity contribution in [1.82, 2.24) is 10.6 Å². The van der Waals surface area contributed by atoms with Gasteiger partial charge >= 0.3 is 6.03 Å². The van der Waals surface area contributed by atoms with Crippen LogP contribution < -0.4 is 10.6 Å². The van der Waals surface area contributed by atoms with Gasteiger partial charge in [-0.3, -0.25) is 0 Å². The van der Waals surface area contributed by atoms with Crippen molar-refractivity contribution in [2.24, 2.45) is 5.41 Å². The number of nitrogens with one attached hydrogen (secondary N) is 2. The van der Waals surface area contributed by atoms with Gasteiger partial charge in [-0.25, -0.2) is 9.18 Å². The van der Waals surface area contributed by atoms with Gasteiger partial charge in [0.15, 0.2) is 0 Å². The third kappa shape index (κ3) is 5.06. The van der Waals surface area contributed by atoms with E-state index in [0.29, 0.717) is 18.7 Å². The van der Waals surface area contributed by atoms with E-state index in [1.165, 1.54) is 12.1 Å². The first-order valence-corrected chi connectivity index (χ1v) is 7.96. The summed E-state index contributed by atoms with van der Waals surface area (Å²) in [5.41, 5.74) is 0.596. The lowest BCUT2D eigenvalue weighted by atomic mass is 10.0. The Morgan fingerprint density at radius 3 is 2.83 bits per heavy atom. The molecule has 0 heterocycles. The highest BCUT2D eigenvalue weighted by atomic mass is 35.5. The average molecular weight is 345 g/mol. The van der Waals surface area contributed by atoms with Gasteiger partial charge in [0, 0.05) is 20.3 Å². The Morgan fingerprint density at radius 1 is 1.52 bits per heavy atom. The molecule has 1 aliphatic carbocycles. The molecule has 7 heteroatoms. The summed E-state index contributed by atoms with van der Waals surface area (Å²) in [7, 11) is 1.66. The highest BCUT2D eigenvalue weighted by Crippen LogP contribution is 2.48. The Hall–Kier alpha value is -1.37. The molecule has 1 aromatic rings. The fourth-order valence-corrected chi connectivity index (χ4v) is 2.57. The Morgan fingerprint density at radius 2 is 2.26 bits per heavy atom. The molecule has 1 unspecified atom stereocenters. The van der Waals surface area contributed by atoms with Gasteiger partial charge in [0.05, 0.1) is 17.7 Å². The van der Waals surface area contributed by atoms with E-state index in [1.807, 2.05) is 0 Å². The number of rotatable bonds is 8. The molecule has 2 rings (SSSR count). The maximum Gasteiger partial charge on any atom is 0.315 e. The standard InChI is InChI=1S/C16H22ClFN2O3/c1-23-7-6-16(4-5-16)10-19-15(22)20-14(9-21)11-2-3-12(17)13(18)8-11/h2-3,8,14,21H,4-7,9-10H2,1H3,(H2,19,20,22). The van der Waals surface area contributed by atoms with Gasteiger partial charge in [-0.2, -0.15) is 0 Å². The van der Waals surface area contributed by atoms with Crippen molar-refractivity contribution in [3.8, 4) is 0 Å². The van der Waals surface area contributed by atoms with Crippen molar-refractivity contribution in [1.29, 1.82) is 0 Å². The van der Waals surface area contributed by atoms with Crippen LogP contribution in [0.4, 0.5) is 9.18 Å². The molecule has 0 saturated heterocycles. The van der Waals surface area contributed by atoms with Crippen LogP contribution in [0.3, 0.4) is 0 Å². The van der Waals surface area contributed by atoms with Crippen LogP contribution in [0, 0.1) is 11.2 Å². The Kier molecular flexibility index (Phi) is 6.21. The normalized spacial score (nSPS) is 16.7. The summed E-state index contributed by atoms with van der Waals surface area (Å²) >= 11 is 5.64. The van der Waals surface area contributed by atoms with E-state index in [9.17, 15) is 14.3 Å². The summed E-state index contributed by atoms with van der Waals surface area (Å²) in [4.78, 5) is 12.0. The van der Waals surface area contributed by atoms with Crippen LogP contribution in [0.2, 0.25) is 5.02 Å². The third-order valence-corrected chi connectivity index (χ3v) is 4.56. The molecule has 5 nitrogen and oxygen atoms in total. The topological polar surface area (TPSA) is 70.6 Å². The van der Waals surface area contributed by atoms with Crippen molar-refractivity contribution in [2.75, 3.05) is 26.9 Å². The van der Waals surface area contributed by atoms with E-state index in [0.717, 1.165) is 19.3 Å². The van der Waals surface area contributed by atoms with Gasteiger partial charge in [0.25, 0.3) is 0 Å². The lowest BCUT2D eigenvalue weighted by Gasteiger charge is -2.20. The zero-order valence-corrected chi connectivity index (χ0v) is 13.8. The number of aliphatic hydroxyl groups excluding tert-OH is 1. The summed E-state index contributed by atoms with van der Waals surface area (Å²) < 4.78 is 18.6. The molecular formula is C16H22ClFN2O3. The largest absolute Gasteiger partial charge is 0.394 e. The smallest absolute Gasteiger partial charge is 0.315 e. The van der Waals surface area contributed by atoms with E-state index < -0.39 is 11.9 Å². The molecule has 0 aromatic heterocycles. The van der Waals surface area contributed by atoms with Crippen molar-refractivity contribution < 1.29 is 19.0 Å². The van der Waals surface area contributed by atoms with Gasteiger partial charge in [-0.05, 0) is 42.4 Å². The fraction of sp³-hybridized carbons (Fsp3) is 0.562. The van der Waals surface area contributed by atoms with Gasteiger partial charge < -0.3 is 20.5 Å². The van der Waals surface area contributed by atoms with E-state index in [1.54, 1.807) is 13.2 Å². The van der Waals surface area contributed by atoms with Gasteiger partial charge in [0.1, 0.15) is 5.82 Å². The van der Waals surface area contributed by atoms with Crippen LogP contribution in [0.5, 0.6) is 0 Å². The molecule has 0 spiro atoms. The maximum atomic E-state index is 13.5. The van der Waals surface area contributed by atoms with Crippen LogP contribution in [0.15, 0.2) is 18.2 Å². The van der Waals surface area contributed by atoms with Crippen LogP contribution in [-0.4, -0.2) is 38.0 Å². The van der Waals surface area contributed by atoms with Crippen molar-refractivity contribution in [3.05, 3.63) is 34.6 Å². The summed E-state index contributed by atoms with van der Waals surface area (Å²) in [6.45, 7) is 0.908. The van der Waals surface area contributed by atoms with Gasteiger partial charge in [0.2, 0.25) is 0 Å². The molecule has 1 aliphatic rings. The molecule has 2 amide bonds. The molecule has 0 aliphatic heterocycles. The van der Waals surface area contributed by atoms with Crippen LogP contribution in [-0.2, 0) is 4.74 Å². The number of carbonyl (C=O) groups is 1. The number of ether oxygens (including phenoxy) is 1. The van der Waals surface area contributed by atoms with E-state index >= 15 is 0 Å². The van der Waals surface area contributed by atoms with Crippen LogP contribution in [0.25, 0.3) is 0 Å². The molecule has 0 radical (unpaired) electrons. The SMILES string of the molecule is COCCC1(CNC(=O)NC(CO)c2ccc(Cl)c(F)c2)CC1. The Bertz CT molecular complexity index is 552. The average Bonchev–Trinajstić information content (AvgIpc) is 3.32. The van der Waals surface area contributed by atoms with Crippen molar-refractivity contribution >= 4 is 17.6 Å². The second kappa shape index (κ2) is 7.95. The molecule has 1 aromatic carbocycles. The number of aliphatic hydroxyl groups is 1. The number of halogens is 2. The second-order valence-corrected chi connectivity index (χ2v) is 6.39. The minimum atomic E-state index is -0.684. The maximum absolute atomic E-state index is 13.5. The summed E-state index contributed by atoms with van der Waals surface area (Å²) in [6, 6.07) is 3.12. The lowest BCUT2D eigenvalue weighted by Crippen LogP contribution is -2.41. The first kappa shape index (κ1) is 18.0. The first-order chi connectivity index (χ1) is 11.0. The van der Waals surface area contributed by atoms with Crippen molar-refractivity contribution in [2.45, 2.75) is 25.3 Å². The molecule has 128 valence electrons. The molecule has 23 heavy (non-hydrogen) atoms. The van der Waals surface area contributed by atoms with E-state index in [4.69, 9.17) is 16.3 Å². The Balaban J connectivity index is 1.86. The van der Waals surface area contributed by atoms with Crippen LogP contribution in [0.1, 0.15) is 30.9 Å². The number of hydrogen-bond acceptors (Lipinski definition) is 3. The zero-order chi connectivity index (χ0) is 16.9. The Labute approximate surface area is 140 Å². The van der Waals surface area contributed by atoms with Gasteiger partial charge in [-0.15, -0.1) is 0 Å². The van der Waals surface area contributed by atoms with Crippen molar-refractivity contribution in [3.63, 3.8) is 0 Å². The number of methoxy groups -OCH3 is 1.